The quantitative estimate of drug-likeness (QED) is 0.450. The van der Waals surface area contributed by atoms with E-state index in [1.807, 2.05) is 0 Å². The zero-order chi connectivity index (χ0) is 22.0. The monoisotopic (exact) mass is 458 g/mol. The van der Waals surface area contributed by atoms with Crippen molar-refractivity contribution in [3.05, 3.63) is 45.1 Å². The summed E-state index contributed by atoms with van der Waals surface area (Å²) in [7, 11) is 3.02. The van der Waals surface area contributed by atoms with Crippen molar-refractivity contribution in [1.82, 2.24) is 20.2 Å². The molecule has 2 heterocycles. The summed E-state index contributed by atoms with van der Waals surface area (Å²) in [5.41, 5.74) is 1.62. The molecule has 0 atom stereocenters. The van der Waals surface area contributed by atoms with Crippen LogP contribution in [0.2, 0.25) is 0 Å². The molecule has 0 spiro atoms. The fourth-order valence-electron chi connectivity index (χ4n) is 3.60. The number of hydrogen-bond donors (Lipinski definition) is 2. The number of amides is 3. The number of fused-ring (bicyclic) bond motifs is 3. The van der Waals surface area contributed by atoms with Gasteiger partial charge in [0.2, 0.25) is 5.91 Å². The molecular formula is C21H22N4O4S2. The van der Waals surface area contributed by atoms with Crippen molar-refractivity contribution in [3.63, 3.8) is 0 Å². The van der Waals surface area contributed by atoms with Gasteiger partial charge in [-0.25, -0.2) is 9.78 Å². The smallest absolute Gasteiger partial charge is 0.321 e. The van der Waals surface area contributed by atoms with Gasteiger partial charge in [0.05, 0.1) is 23.9 Å². The molecule has 0 unspecified atom stereocenters. The Morgan fingerprint density at radius 3 is 2.68 bits per heavy atom. The van der Waals surface area contributed by atoms with E-state index in [2.05, 4.69) is 10.6 Å². The molecule has 0 fully saturated rings. The zero-order valence-electron chi connectivity index (χ0n) is 17.2. The maximum Gasteiger partial charge on any atom is 0.321 e. The van der Waals surface area contributed by atoms with E-state index in [4.69, 9.17) is 9.72 Å². The number of aryl methyl sites for hydroxylation is 2. The lowest BCUT2D eigenvalue weighted by Gasteiger charge is -2.14. The molecule has 3 aromatic rings. The van der Waals surface area contributed by atoms with E-state index in [0.29, 0.717) is 26.8 Å². The van der Waals surface area contributed by atoms with Crippen LogP contribution < -0.4 is 20.9 Å². The molecule has 10 heteroatoms. The Morgan fingerprint density at radius 2 is 1.97 bits per heavy atom. The summed E-state index contributed by atoms with van der Waals surface area (Å²) < 4.78 is 6.77. The zero-order valence-corrected chi connectivity index (χ0v) is 18.8. The van der Waals surface area contributed by atoms with Gasteiger partial charge in [0.1, 0.15) is 10.6 Å². The minimum atomic E-state index is -0.576. The SMILES string of the molecule is CNC(=O)NC(=O)CSc1nc2sc3c(c2c(=O)n1-c1ccc(OC)cc1)CCCC3. The number of nitrogens with zero attached hydrogens (tertiary/aromatic N) is 2. The van der Waals surface area contributed by atoms with Crippen LogP contribution in [0.15, 0.2) is 34.2 Å². The predicted octanol–water partition coefficient (Wildman–Crippen LogP) is 2.88. The molecule has 0 aliphatic heterocycles. The fourth-order valence-corrected chi connectivity index (χ4v) is 5.71. The van der Waals surface area contributed by atoms with Crippen LogP contribution in [-0.4, -0.2) is 41.4 Å². The van der Waals surface area contributed by atoms with Crippen molar-refractivity contribution < 1.29 is 14.3 Å². The maximum absolute atomic E-state index is 13.6. The number of ether oxygens (including phenoxy) is 1. The number of thiophene rings is 1. The summed E-state index contributed by atoms with van der Waals surface area (Å²) in [5, 5.41) is 5.65. The van der Waals surface area contributed by atoms with Gasteiger partial charge in [-0.1, -0.05) is 11.8 Å². The van der Waals surface area contributed by atoms with Crippen LogP contribution in [0.5, 0.6) is 5.75 Å². The van der Waals surface area contributed by atoms with E-state index in [-0.39, 0.29) is 11.3 Å². The highest BCUT2D eigenvalue weighted by Gasteiger charge is 2.23. The number of rotatable bonds is 5. The van der Waals surface area contributed by atoms with Gasteiger partial charge in [0, 0.05) is 11.9 Å². The average Bonchev–Trinajstić information content (AvgIpc) is 3.16. The highest BCUT2D eigenvalue weighted by Crippen LogP contribution is 2.35. The molecule has 1 aliphatic carbocycles. The molecule has 3 amide bonds. The molecule has 0 saturated carbocycles. The first-order chi connectivity index (χ1) is 15.0. The van der Waals surface area contributed by atoms with E-state index in [1.165, 1.54) is 11.9 Å². The Hall–Kier alpha value is -2.85. The topological polar surface area (TPSA) is 102 Å². The van der Waals surface area contributed by atoms with Crippen molar-refractivity contribution in [2.45, 2.75) is 30.8 Å². The maximum atomic E-state index is 13.6. The molecule has 2 N–H and O–H groups in total. The molecule has 0 saturated heterocycles. The molecule has 2 aromatic heterocycles. The summed E-state index contributed by atoms with van der Waals surface area (Å²) in [5.74, 6) is 0.162. The van der Waals surface area contributed by atoms with E-state index in [9.17, 15) is 14.4 Å². The lowest BCUT2D eigenvalue weighted by Crippen LogP contribution is -2.38. The number of benzene rings is 1. The number of hydrogen-bond acceptors (Lipinski definition) is 7. The standard InChI is InChI=1S/C21H22N4O4S2/c1-22-20(28)23-16(26)11-30-21-24-18-17(14-5-3-4-6-15(14)31-18)19(27)25(21)12-7-9-13(29-2)10-8-12/h7-10H,3-6,11H2,1-2H3,(H2,22,23,26,28). The number of carbonyl (C=O) groups is 2. The summed E-state index contributed by atoms with van der Waals surface area (Å²) in [6, 6.07) is 6.57. The summed E-state index contributed by atoms with van der Waals surface area (Å²) in [6.07, 6.45) is 4.04. The molecule has 0 radical (unpaired) electrons. The van der Waals surface area contributed by atoms with Gasteiger partial charge in [-0.3, -0.25) is 19.5 Å². The van der Waals surface area contributed by atoms with Crippen LogP contribution in [0.25, 0.3) is 15.9 Å². The van der Waals surface area contributed by atoms with Crippen molar-refractivity contribution in [2.75, 3.05) is 19.9 Å². The third kappa shape index (κ3) is 4.31. The molecule has 8 nitrogen and oxygen atoms in total. The summed E-state index contributed by atoms with van der Waals surface area (Å²) >= 11 is 2.69. The van der Waals surface area contributed by atoms with Crippen LogP contribution in [0.4, 0.5) is 4.79 Å². The number of urea groups is 1. The highest BCUT2D eigenvalue weighted by atomic mass is 32.2. The second kappa shape index (κ2) is 9.11. The van der Waals surface area contributed by atoms with E-state index >= 15 is 0 Å². The number of aromatic nitrogens is 2. The molecule has 4 rings (SSSR count). The van der Waals surface area contributed by atoms with Crippen LogP contribution in [0.3, 0.4) is 0 Å². The van der Waals surface area contributed by atoms with Gasteiger partial charge in [-0.05, 0) is 55.5 Å². The minimum Gasteiger partial charge on any atom is -0.497 e. The molecule has 1 aliphatic rings. The number of nitrogens with one attached hydrogen (secondary N) is 2. The van der Waals surface area contributed by atoms with Crippen molar-refractivity contribution in [3.8, 4) is 11.4 Å². The molecule has 31 heavy (non-hydrogen) atoms. The second-order valence-electron chi connectivity index (χ2n) is 7.04. The normalized spacial score (nSPS) is 13.0. The molecular weight excluding hydrogens is 436 g/mol. The van der Waals surface area contributed by atoms with Crippen molar-refractivity contribution >= 4 is 45.3 Å². The van der Waals surface area contributed by atoms with Crippen molar-refractivity contribution in [2.24, 2.45) is 0 Å². The highest BCUT2D eigenvalue weighted by molar-refractivity contribution is 7.99. The molecule has 162 valence electrons. The first kappa shape index (κ1) is 21.4. The van der Waals surface area contributed by atoms with E-state index < -0.39 is 11.9 Å². The van der Waals surface area contributed by atoms with Gasteiger partial charge in [0.15, 0.2) is 5.16 Å². The van der Waals surface area contributed by atoms with Gasteiger partial charge >= 0.3 is 6.03 Å². The number of imide groups is 1. The van der Waals surface area contributed by atoms with Crippen molar-refractivity contribution in [1.29, 1.82) is 0 Å². The first-order valence-electron chi connectivity index (χ1n) is 9.88. The largest absolute Gasteiger partial charge is 0.497 e. The molecule has 0 bridgehead atoms. The van der Waals surface area contributed by atoms with E-state index in [0.717, 1.165) is 43.0 Å². The predicted molar refractivity (Wildman–Crippen MR) is 122 cm³/mol. The third-order valence-electron chi connectivity index (χ3n) is 5.10. The third-order valence-corrected chi connectivity index (χ3v) is 7.23. The number of carbonyl (C=O) groups excluding carboxylic acids is 2. The lowest BCUT2D eigenvalue weighted by atomic mass is 9.97. The Balaban J connectivity index is 1.79. The number of methoxy groups -OCH3 is 1. The summed E-state index contributed by atoms with van der Waals surface area (Å²) in [6.45, 7) is 0. The van der Waals surface area contributed by atoms with Gasteiger partial charge in [-0.2, -0.15) is 0 Å². The minimum absolute atomic E-state index is 0.0490. The average molecular weight is 459 g/mol. The van der Waals surface area contributed by atoms with Gasteiger partial charge in [-0.15, -0.1) is 11.3 Å². The number of thioether (sulfide) groups is 1. The molecule has 1 aromatic carbocycles. The Bertz CT molecular complexity index is 1200. The Morgan fingerprint density at radius 1 is 1.23 bits per heavy atom. The van der Waals surface area contributed by atoms with Crippen LogP contribution >= 0.6 is 23.1 Å². The second-order valence-corrected chi connectivity index (χ2v) is 9.07. The Kier molecular flexibility index (Phi) is 6.28. The van der Waals surface area contributed by atoms with E-state index in [1.54, 1.807) is 47.3 Å². The Labute approximate surface area is 187 Å². The van der Waals surface area contributed by atoms with Gasteiger partial charge in [0.25, 0.3) is 5.56 Å². The van der Waals surface area contributed by atoms with Crippen LogP contribution in [0, 0.1) is 0 Å². The lowest BCUT2D eigenvalue weighted by molar-refractivity contribution is -0.117. The first-order valence-corrected chi connectivity index (χ1v) is 11.7. The van der Waals surface area contributed by atoms with Crippen LogP contribution in [0.1, 0.15) is 23.3 Å². The summed E-state index contributed by atoms with van der Waals surface area (Å²) in [4.78, 5) is 43.8. The fraction of sp³-hybridized carbons (Fsp3) is 0.333. The van der Waals surface area contributed by atoms with Gasteiger partial charge < -0.3 is 10.1 Å². The van der Waals surface area contributed by atoms with Crippen LogP contribution in [-0.2, 0) is 17.6 Å².